The number of hydrogen-bond acceptors (Lipinski definition) is 6. The lowest BCUT2D eigenvalue weighted by Gasteiger charge is -2.13. The predicted octanol–water partition coefficient (Wildman–Crippen LogP) is 2.50. The van der Waals surface area contributed by atoms with Gasteiger partial charge >= 0.3 is 5.97 Å². The van der Waals surface area contributed by atoms with Crippen LogP contribution in [0.15, 0.2) is 29.2 Å². The first-order chi connectivity index (χ1) is 8.70. The number of ether oxygens (including phenoxy) is 1. The van der Waals surface area contributed by atoms with Crippen molar-refractivity contribution < 1.29 is 9.53 Å². The predicted molar refractivity (Wildman–Crippen MR) is 69.7 cm³/mol. The number of hydrogen-bond donors (Lipinski definition) is 1. The number of nitrogens with one attached hydrogen (secondary N) is 1. The quantitative estimate of drug-likeness (QED) is 0.859. The minimum absolute atomic E-state index is 0.110. The molecule has 2 heterocycles. The minimum atomic E-state index is -0.491. The molecule has 0 saturated carbocycles. The van der Waals surface area contributed by atoms with Crippen LogP contribution < -0.4 is 5.32 Å². The Balaban J connectivity index is 2.12. The van der Waals surface area contributed by atoms with Gasteiger partial charge in [-0.1, -0.05) is 0 Å². The van der Waals surface area contributed by atoms with Gasteiger partial charge in [-0.25, -0.2) is 9.78 Å². The van der Waals surface area contributed by atoms with Crippen molar-refractivity contribution in [2.75, 3.05) is 12.4 Å². The zero-order valence-corrected chi connectivity index (χ0v) is 10.9. The Morgan fingerprint density at radius 2 is 2.33 bits per heavy atom. The molecule has 0 aliphatic carbocycles. The smallest absolute Gasteiger partial charge is 0.358 e. The van der Waals surface area contributed by atoms with Crippen molar-refractivity contribution in [2.45, 2.75) is 13.0 Å². The highest BCUT2D eigenvalue weighted by Crippen LogP contribution is 2.19. The average molecular weight is 263 g/mol. The summed E-state index contributed by atoms with van der Waals surface area (Å²) in [5, 5.41) is 7.27. The van der Waals surface area contributed by atoms with Crippen LogP contribution in [0.25, 0.3) is 0 Å². The lowest BCUT2D eigenvalue weighted by Crippen LogP contribution is -2.11. The summed E-state index contributed by atoms with van der Waals surface area (Å²) in [6, 6.07) is 2.15. The highest BCUT2D eigenvalue weighted by molar-refractivity contribution is 7.07. The molecule has 0 fully saturated rings. The molecule has 94 valence electrons. The van der Waals surface area contributed by atoms with Crippen LogP contribution in [-0.4, -0.2) is 23.0 Å². The zero-order valence-electron chi connectivity index (χ0n) is 10.1. The number of anilines is 1. The van der Waals surface area contributed by atoms with Crippen LogP contribution >= 0.6 is 11.3 Å². The maximum absolute atomic E-state index is 11.3. The Labute approximate surface area is 109 Å². The first kappa shape index (κ1) is 12.5. The lowest BCUT2D eigenvalue weighted by atomic mass is 10.2. The first-order valence-corrected chi connectivity index (χ1v) is 6.34. The summed E-state index contributed by atoms with van der Waals surface area (Å²) in [6.45, 7) is 2.02. The zero-order chi connectivity index (χ0) is 13.0. The van der Waals surface area contributed by atoms with Crippen LogP contribution in [0.5, 0.6) is 0 Å². The van der Waals surface area contributed by atoms with Gasteiger partial charge in [0.2, 0.25) is 0 Å². The fraction of sp³-hybridized carbons (Fsp3) is 0.250. The van der Waals surface area contributed by atoms with E-state index in [0.717, 1.165) is 0 Å². The number of carbonyl (C=O) groups excluding carboxylic acids is 1. The van der Waals surface area contributed by atoms with Crippen molar-refractivity contribution in [3.8, 4) is 0 Å². The average Bonchev–Trinajstić information content (AvgIpc) is 2.92. The van der Waals surface area contributed by atoms with Gasteiger partial charge < -0.3 is 10.1 Å². The highest BCUT2D eigenvalue weighted by atomic mass is 32.1. The molecule has 0 radical (unpaired) electrons. The summed E-state index contributed by atoms with van der Waals surface area (Å²) >= 11 is 1.64. The fourth-order valence-corrected chi connectivity index (χ4v) is 2.22. The van der Waals surface area contributed by atoms with Gasteiger partial charge in [-0.2, -0.15) is 11.3 Å². The Kier molecular flexibility index (Phi) is 3.88. The number of thiophene rings is 1. The maximum atomic E-state index is 11.3. The molecule has 2 rings (SSSR count). The van der Waals surface area contributed by atoms with Crippen molar-refractivity contribution in [1.82, 2.24) is 9.97 Å². The monoisotopic (exact) mass is 263 g/mol. The molecule has 0 amide bonds. The molecule has 18 heavy (non-hydrogen) atoms. The summed E-state index contributed by atoms with van der Waals surface area (Å²) < 4.78 is 4.60. The third-order valence-electron chi connectivity index (χ3n) is 2.44. The number of nitrogens with zero attached hydrogens (tertiary/aromatic N) is 2. The fourth-order valence-electron chi connectivity index (χ4n) is 1.46. The Hall–Kier alpha value is -1.95. The molecule has 2 aromatic rings. The van der Waals surface area contributed by atoms with Crippen LogP contribution in [0.4, 0.5) is 5.82 Å². The Bertz CT molecular complexity index is 528. The van der Waals surface area contributed by atoms with Crippen molar-refractivity contribution in [3.63, 3.8) is 0 Å². The summed E-state index contributed by atoms with van der Waals surface area (Å²) in [6.07, 6.45) is 2.96. The van der Waals surface area contributed by atoms with Crippen LogP contribution in [0.2, 0.25) is 0 Å². The van der Waals surface area contributed by atoms with Crippen molar-refractivity contribution in [1.29, 1.82) is 0 Å². The molecular formula is C12H13N3O2S. The van der Waals surface area contributed by atoms with Crippen molar-refractivity contribution in [2.24, 2.45) is 0 Å². The van der Waals surface area contributed by atoms with Gasteiger partial charge in [0.05, 0.1) is 25.5 Å². The maximum Gasteiger partial charge on any atom is 0.358 e. The van der Waals surface area contributed by atoms with Crippen LogP contribution in [0, 0.1) is 0 Å². The van der Waals surface area contributed by atoms with E-state index in [-0.39, 0.29) is 11.7 Å². The van der Waals surface area contributed by atoms with E-state index in [1.165, 1.54) is 18.9 Å². The lowest BCUT2D eigenvalue weighted by molar-refractivity contribution is 0.0593. The Morgan fingerprint density at radius 3 is 3.00 bits per heavy atom. The topological polar surface area (TPSA) is 64.1 Å². The van der Waals surface area contributed by atoms with E-state index in [1.807, 2.05) is 18.4 Å². The minimum Gasteiger partial charge on any atom is -0.464 e. The SMILES string of the molecule is COC(=O)c1cncc(NC(C)c2ccsc2)n1. The molecule has 0 saturated heterocycles. The first-order valence-electron chi connectivity index (χ1n) is 5.39. The van der Waals surface area contributed by atoms with E-state index in [1.54, 1.807) is 17.5 Å². The van der Waals surface area contributed by atoms with Gasteiger partial charge in [0, 0.05) is 0 Å². The summed E-state index contributed by atoms with van der Waals surface area (Å²) in [5.41, 5.74) is 1.37. The molecule has 0 bridgehead atoms. The van der Waals surface area contributed by atoms with Gasteiger partial charge in [0.25, 0.3) is 0 Å². The van der Waals surface area contributed by atoms with E-state index in [0.29, 0.717) is 5.82 Å². The van der Waals surface area contributed by atoms with E-state index >= 15 is 0 Å². The number of methoxy groups -OCH3 is 1. The largest absolute Gasteiger partial charge is 0.464 e. The number of aromatic nitrogens is 2. The molecule has 6 heteroatoms. The van der Waals surface area contributed by atoms with Crippen LogP contribution in [-0.2, 0) is 4.74 Å². The van der Waals surface area contributed by atoms with Gasteiger partial charge in [0.1, 0.15) is 5.82 Å². The molecule has 5 nitrogen and oxygen atoms in total. The molecule has 0 aliphatic rings. The molecular weight excluding hydrogens is 250 g/mol. The van der Waals surface area contributed by atoms with Crippen molar-refractivity contribution in [3.05, 3.63) is 40.5 Å². The summed E-state index contributed by atoms with van der Waals surface area (Å²) in [7, 11) is 1.32. The standard InChI is InChI=1S/C12H13N3O2S/c1-8(9-3-4-18-7-9)14-11-6-13-5-10(15-11)12(16)17-2/h3-8H,1-2H3,(H,14,15). The molecule has 1 N–H and O–H groups in total. The molecule has 0 aliphatic heterocycles. The van der Waals surface area contributed by atoms with E-state index in [9.17, 15) is 4.79 Å². The van der Waals surface area contributed by atoms with E-state index < -0.39 is 5.97 Å². The molecule has 0 spiro atoms. The van der Waals surface area contributed by atoms with Gasteiger partial charge in [-0.3, -0.25) is 4.98 Å². The third-order valence-corrected chi connectivity index (χ3v) is 3.14. The molecule has 2 aromatic heterocycles. The second kappa shape index (κ2) is 5.59. The summed E-state index contributed by atoms with van der Waals surface area (Å²) in [4.78, 5) is 19.4. The third kappa shape index (κ3) is 2.84. The number of rotatable bonds is 4. The van der Waals surface area contributed by atoms with Gasteiger partial charge in [-0.05, 0) is 29.3 Å². The molecule has 1 unspecified atom stereocenters. The molecule has 0 aromatic carbocycles. The highest BCUT2D eigenvalue weighted by Gasteiger charge is 2.11. The number of carbonyl (C=O) groups is 1. The molecule has 1 atom stereocenters. The van der Waals surface area contributed by atoms with E-state index in [4.69, 9.17) is 0 Å². The Morgan fingerprint density at radius 1 is 1.50 bits per heavy atom. The van der Waals surface area contributed by atoms with Crippen LogP contribution in [0.1, 0.15) is 29.0 Å². The van der Waals surface area contributed by atoms with Gasteiger partial charge in [-0.15, -0.1) is 0 Å². The van der Waals surface area contributed by atoms with Gasteiger partial charge in [0.15, 0.2) is 5.69 Å². The summed E-state index contributed by atoms with van der Waals surface area (Å²) in [5.74, 6) is 0.0611. The second-order valence-corrected chi connectivity index (χ2v) is 4.48. The van der Waals surface area contributed by atoms with E-state index in [2.05, 4.69) is 25.4 Å². The number of esters is 1. The second-order valence-electron chi connectivity index (χ2n) is 3.70. The van der Waals surface area contributed by atoms with Crippen LogP contribution in [0.3, 0.4) is 0 Å². The normalized spacial score (nSPS) is 11.9. The van der Waals surface area contributed by atoms with Crippen molar-refractivity contribution >= 4 is 23.1 Å².